The average Bonchev–Trinajstić information content (AvgIpc) is 2.04. The second-order valence-corrected chi connectivity index (χ2v) is 3.74. The van der Waals surface area contributed by atoms with E-state index in [1.54, 1.807) is 0 Å². The van der Waals surface area contributed by atoms with Crippen LogP contribution in [0.5, 0.6) is 0 Å². The Morgan fingerprint density at radius 2 is 2.38 bits per heavy atom. The van der Waals surface area contributed by atoms with Crippen molar-refractivity contribution >= 4 is 0 Å². The first kappa shape index (κ1) is 10.9. The highest BCUT2D eigenvalue weighted by atomic mass is 16.5. The molecular formula is C9H20N2O2. The van der Waals surface area contributed by atoms with Gasteiger partial charge < -0.3 is 19.6 Å². The standard InChI is InChI=1S/C9H20N2O2/c1-10(3-5-12)7-9-8-11(2)4-6-13-9/h9,12H,3-8H2,1-2H3. The lowest BCUT2D eigenvalue weighted by molar-refractivity contribution is -0.0336. The van der Waals surface area contributed by atoms with E-state index in [0.717, 1.165) is 32.8 Å². The summed E-state index contributed by atoms with van der Waals surface area (Å²) >= 11 is 0. The molecule has 1 aliphatic rings. The van der Waals surface area contributed by atoms with Gasteiger partial charge in [0.25, 0.3) is 0 Å². The van der Waals surface area contributed by atoms with Crippen LogP contribution in [-0.4, -0.2) is 74.5 Å². The quantitative estimate of drug-likeness (QED) is 0.629. The predicted octanol–water partition coefficient (Wildman–Crippen LogP) is -0.759. The Balaban J connectivity index is 2.19. The first-order valence-electron chi connectivity index (χ1n) is 4.82. The summed E-state index contributed by atoms with van der Waals surface area (Å²) < 4.78 is 5.60. The van der Waals surface area contributed by atoms with Crippen LogP contribution in [0.2, 0.25) is 0 Å². The SMILES string of the molecule is CN(CCO)CC1CN(C)CCO1. The van der Waals surface area contributed by atoms with Gasteiger partial charge in [-0.1, -0.05) is 0 Å². The molecule has 1 N–H and O–H groups in total. The second-order valence-electron chi connectivity index (χ2n) is 3.74. The van der Waals surface area contributed by atoms with E-state index in [4.69, 9.17) is 9.84 Å². The third-order valence-electron chi connectivity index (χ3n) is 2.34. The summed E-state index contributed by atoms with van der Waals surface area (Å²) in [6.07, 6.45) is 0.301. The number of rotatable bonds is 4. The van der Waals surface area contributed by atoms with Crippen LogP contribution in [0.15, 0.2) is 0 Å². The Kier molecular flexibility index (Phi) is 4.66. The van der Waals surface area contributed by atoms with Gasteiger partial charge >= 0.3 is 0 Å². The van der Waals surface area contributed by atoms with Gasteiger partial charge in [-0.25, -0.2) is 0 Å². The van der Waals surface area contributed by atoms with Gasteiger partial charge in [0.05, 0.1) is 19.3 Å². The largest absolute Gasteiger partial charge is 0.395 e. The van der Waals surface area contributed by atoms with Gasteiger partial charge in [-0.2, -0.15) is 0 Å². The second kappa shape index (κ2) is 5.54. The van der Waals surface area contributed by atoms with Crippen molar-refractivity contribution in [3.8, 4) is 0 Å². The lowest BCUT2D eigenvalue weighted by Crippen LogP contribution is -2.45. The van der Waals surface area contributed by atoms with Crippen molar-refractivity contribution < 1.29 is 9.84 Å². The molecule has 1 heterocycles. The van der Waals surface area contributed by atoms with Crippen LogP contribution in [0.3, 0.4) is 0 Å². The van der Waals surface area contributed by atoms with Crippen molar-refractivity contribution in [2.45, 2.75) is 6.10 Å². The number of nitrogens with zero attached hydrogens (tertiary/aromatic N) is 2. The molecule has 4 nitrogen and oxygen atoms in total. The molecule has 1 atom stereocenters. The lowest BCUT2D eigenvalue weighted by atomic mass is 10.2. The highest BCUT2D eigenvalue weighted by Crippen LogP contribution is 2.03. The van der Waals surface area contributed by atoms with E-state index < -0.39 is 0 Å². The minimum Gasteiger partial charge on any atom is -0.395 e. The number of morpholine rings is 1. The fraction of sp³-hybridized carbons (Fsp3) is 1.00. The van der Waals surface area contributed by atoms with Gasteiger partial charge in [0.1, 0.15) is 0 Å². The fourth-order valence-electron chi connectivity index (χ4n) is 1.59. The van der Waals surface area contributed by atoms with E-state index in [2.05, 4.69) is 16.8 Å². The van der Waals surface area contributed by atoms with Crippen molar-refractivity contribution in [1.82, 2.24) is 9.80 Å². The summed E-state index contributed by atoms with van der Waals surface area (Å²) in [5, 5.41) is 8.73. The average molecular weight is 188 g/mol. The molecule has 0 radical (unpaired) electrons. The molecule has 1 fully saturated rings. The molecule has 0 aliphatic carbocycles. The van der Waals surface area contributed by atoms with Crippen molar-refractivity contribution in [2.75, 3.05) is 53.5 Å². The molecule has 13 heavy (non-hydrogen) atoms. The van der Waals surface area contributed by atoms with E-state index in [1.807, 2.05) is 7.05 Å². The van der Waals surface area contributed by atoms with E-state index >= 15 is 0 Å². The number of ether oxygens (including phenoxy) is 1. The maximum Gasteiger partial charge on any atom is 0.0829 e. The van der Waals surface area contributed by atoms with Crippen molar-refractivity contribution in [3.63, 3.8) is 0 Å². The molecule has 0 aromatic heterocycles. The Hall–Kier alpha value is -0.160. The van der Waals surface area contributed by atoms with E-state index in [1.165, 1.54) is 0 Å². The third-order valence-corrected chi connectivity index (χ3v) is 2.34. The summed E-state index contributed by atoms with van der Waals surface area (Å²) in [7, 11) is 4.12. The molecule has 4 heteroatoms. The zero-order chi connectivity index (χ0) is 9.68. The van der Waals surface area contributed by atoms with Crippen molar-refractivity contribution in [3.05, 3.63) is 0 Å². The zero-order valence-electron chi connectivity index (χ0n) is 8.57. The Morgan fingerprint density at radius 1 is 1.62 bits per heavy atom. The summed E-state index contributed by atoms with van der Waals surface area (Å²) in [6, 6.07) is 0. The molecule has 1 aliphatic heterocycles. The van der Waals surface area contributed by atoms with Crippen LogP contribution in [0, 0.1) is 0 Å². The molecule has 1 unspecified atom stereocenters. The van der Waals surface area contributed by atoms with Crippen molar-refractivity contribution in [2.24, 2.45) is 0 Å². The minimum absolute atomic E-state index is 0.221. The van der Waals surface area contributed by atoms with Crippen LogP contribution in [0.1, 0.15) is 0 Å². The highest BCUT2D eigenvalue weighted by molar-refractivity contribution is 4.71. The third kappa shape index (κ3) is 4.04. The smallest absolute Gasteiger partial charge is 0.0829 e. The molecule has 0 bridgehead atoms. The number of hydrogen-bond acceptors (Lipinski definition) is 4. The summed E-state index contributed by atoms with van der Waals surface area (Å²) in [5.41, 5.74) is 0. The summed E-state index contributed by atoms with van der Waals surface area (Å²) in [5.74, 6) is 0. The fourth-order valence-corrected chi connectivity index (χ4v) is 1.59. The maximum atomic E-state index is 8.73. The molecule has 0 aromatic carbocycles. The molecular weight excluding hydrogens is 168 g/mol. The molecule has 0 spiro atoms. The molecule has 0 amide bonds. The molecule has 0 aromatic rings. The topological polar surface area (TPSA) is 35.9 Å². The van der Waals surface area contributed by atoms with E-state index in [9.17, 15) is 0 Å². The van der Waals surface area contributed by atoms with Gasteiger partial charge in [-0.15, -0.1) is 0 Å². The van der Waals surface area contributed by atoms with Crippen LogP contribution in [-0.2, 0) is 4.74 Å². The van der Waals surface area contributed by atoms with E-state index in [-0.39, 0.29) is 6.61 Å². The Morgan fingerprint density at radius 3 is 3.00 bits per heavy atom. The maximum absolute atomic E-state index is 8.73. The summed E-state index contributed by atoms with van der Waals surface area (Å²) in [4.78, 5) is 4.38. The van der Waals surface area contributed by atoms with E-state index in [0.29, 0.717) is 6.10 Å². The monoisotopic (exact) mass is 188 g/mol. The first-order valence-corrected chi connectivity index (χ1v) is 4.82. The van der Waals surface area contributed by atoms with Crippen LogP contribution in [0.25, 0.3) is 0 Å². The lowest BCUT2D eigenvalue weighted by Gasteiger charge is -2.32. The number of aliphatic hydroxyl groups excluding tert-OH is 1. The van der Waals surface area contributed by atoms with Gasteiger partial charge in [-0.3, -0.25) is 0 Å². The van der Waals surface area contributed by atoms with Crippen molar-refractivity contribution in [1.29, 1.82) is 0 Å². The first-order chi connectivity index (χ1) is 6.22. The molecule has 78 valence electrons. The normalized spacial score (nSPS) is 25.4. The molecule has 1 saturated heterocycles. The summed E-state index contributed by atoms with van der Waals surface area (Å²) in [6.45, 7) is 4.71. The van der Waals surface area contributed by atoms with Gasteiger partial charge in [0.15, 0.2) is 0 Å². The van der Waals surface area contributed by atoms with Gasteiger partial charge in [0, 0.05) is 26.2 Å². The predicted molar refractivity (Wildman–Crippen MR) is 51.8 cm³/mol. The van der Waals surface area contributed by atoms with Crippen LogP contribution >= 0.6 is 0 Å². The minimum atomic E-state index is 0.221. The Labute approximate surface area is 80.1 Å². The highest BCUT2D eigenvalue weighted by Gasteiger charge is 2.18. The number of hydrogen-bond donors (Lipinski definition) is 1. The van der Waals surface area contributed by atoms with Gasteiger partial charge in [-0.05, 0) is 14.1 Å². The Bertz CT molecular complexity index is 144. The molecule has 0 saturated carbocycles. The van der Waals surface area contributed by atoms with Crippen LogP contribution in [0.4, 0.5) is 0 Å². The van der Waals surface area contributed by atoms with Gasteiger partial charge in [0.2, 0.25) is 0 Å². The zero-order valence-corrected chi connectivity index (χ0v) is 8.57. The van der Waals surface area contributed by atoms with Crippen LogP contribution < -0.4 is 0 Å². The molecule has 1 rings (SSSR count). The number of aliphatic hydroxyl groups is 1. The number of likely N-dealkylation sites (N-methyl/N-ethyl adjacent to an activating group) is 2.